The molecule has 0 aliphatic carbocycles. The molecule has 2 aromatic heterocycles. The van der Waals surface area contributed by atoms with Gasteiger partial charge >= 0.3 is 6.09 Å². The van der Waals surface area contributed by atoms with Gasteiger partial charge in [-0.3, -0.25) is 4.79 Å². The summed E-state index contributed by atoms with van der Waals surface area (Å²) < 4.78 is 10.3. The molecular formula is C18H24N4O4. The van der Waals surface area contributed by atoms with Gasteiger partial charge in [-0.25, -0.2) is 9.78 Å². The maximum atomic E-state index is 13.1. The fourth-order valence-corrected chi connectivity index (χ4v) is 3.06. The van der Waals surface area contributed by atoms with Gasteiger partial charge in [-0.15, -0.1) is 0 Å². The first-order chi connectivity index (χ1) is 12.4. The zero-order valence-corrected chi connectivity index (χ0v) is 15.6. The highest BCUT2D eigenvalue weighted by atomic mass is 16.6. The highest BCUT2D eigenvalue weighted by Gasteiger charge is 2.28. The molecule has 0 aromatic carbocycles. The van der Waals surface area contributed by atoms with E-state index in [2.05, 4.69) is 10.1 Å². The van der Waals surface area contributed by atoms with Crippen molar-refractivity contribution in [2.75, 3.05) is 32.8 Å². The van der Waals surface area contributed by atoms with Gasteiger partial charge in [0.25, 0.3) is 11.6 Å². The average molecular weight is 360 g/mol. The fourth-order valence-electron chi connectivity index (χ4n) is 3.06. The lowest BCUT2D eigenvalue weighted by Gasteiger charge is -2.34. The molecule has 2 amide bonds. The van der Waals surface area contributed by atoms with Crippen LogP contribution in [0.25, 0.3) is 11.1 Å². The molecule has 0 atom stereocenters. The van der Waals surface area contributed by atoms with E-state index < -0.39 is 0 Å². The van der Waals surface area contributed by atoms with Crippen LogP contribution in [0.5, 0.6) is 0 Å². The maximum absolute atomic E-state index is 13.1. The van der Waals surface area contributed by atoms with E-state index in [0.29, 0.717) is 55.1 Å². The van der Waals surface area contributed by atoms with Gasteiger partial charge < -0.3 is 19.1 Å². The van der Waals surface area contributed by atoms with Gasteiger partial charge in [0.15, 0.2) is 0 Å². The van der Waals surface area contributed by atoms with Gasteiger partial charge in [-0.05, 0) is 25.8 Å². The third-order valence-corrected chi connectivity index (χ3v) is 4.55. The lowest BCUT2D eigenvalue weighted by Crippen LogP contribution is -2.50. The van der Waals surface area contributed by atoms with Crippen molar-refractivity contribution in [3.05, 3.63) is 23.0 Å². The van der Waals surface area contributed by atoms with E-state index in [9.17, 15) is 9.59 Å². The van der Waals surface area contributed by atoms with Crippen LogP contribution < -0.4 is 0 Å². The number of hydrogen-bond acceptors (Lipinski definition) is 6. The molecular weight excluding hydrogens is 336 g/mol. The standard InChI is InChI=1S/C18H24N4O4/c1-5-25-18(24)22-8-6-21(7-9-22)17(23)13-10-14(11(2)3)19-16-15(13)12(4)20-26-16/h10-11H,5-9H2,1-4H3. The third kappa shape index (κ3) is 3.36. The van der Waals surface area contributed by atoms with E-state index >= 15 is 0 Å². The summed E-state index contributed by atoms with van der Waals surface area (Å²) in [4.78, 5) is 32.8. The Balaban J connectivity index is 1.84. The molecule has 3 rings (SSSR count). The average Bonchev–Trinajstić information content (AvgIpc) is 3.02. The van der Waals surface area contributed by atoms with Gasteiger partial charge in [0.05, 0.1) is 23.3 Å². The molecule has 1 saturated heterocycles. The lowest BCUT2D eigenvalue weighted by molar-refractivity contribution is 0.0572. The number of carbonyl (C=O) groups excluding carboxylic acids is 2. The molecule has 1 aliphatic rings. The van der Waals surface area contributed by atoms with Crippen molar-refractivity contribution in [3.63, 3.8) is 0 Å². The Morgan fingerprint density at radius 3 is 2.50 bits per heavy atom. The first-order valence-electron chi connectivity index (χ1n) is 8.90. The second-order valence-corrected chi connectivity index (χ2v) is 6.68. The molecule has 8 heteroatoms. The second kappa shape index (κ2) is 7.31. The summed E-state index contributed by atoms with van der Waals surface area (Å²) in [7, 11) is 0. The zero-order valence-electron chi connectivity index (χ0n) is 15.6. The zero-order chi connectivity index (χ0) is 18.8. The topological polar surface area (TPSA) is 88.8 Å². The number of fused-ring (bicyclic) bond motifs is 1. The van der Waals surface area contributed by atoms with E-state index in [1.807, 2.05) is 19.9 Å². The van der Waals surface area contributed by atoms with Crippen LogP contribution in [0.1, 0.15) is 48.4 Å². The summed E-state index contributed by atoms with van der Waals surface area (Å²) in [5, 5.41) is 4.62. The maximum Gasteiger partial charge on any atom is 0.409 e. The van der Waals surface area contributed by atoms with E-state index in [1.54, 1.807) is 23.6 Å². The summed E-state index contributed by atoms with van der Waals surface area (Å²) in [6.45, 7) is 9.80. The third-order valence-electron chi connectivity index (χ3n) is 4.55. The number of amides is 2. The molecule has 3 heterocycles. The number of hydrogen-bond donors (Lipinski definition) is 0. The molecule has 0 radical (unpaired) electrons. The Kier molecular flexibility index (Phi) is 5.11. The molecule has 0 bridgehead atoms. The Morgan fingerprint density at radius 2 is 1.88 bits per heavy atom. The van der Waals surface area contributed by atoms with Crippen LogP contribution in [0.3, 0.4) is 0 Å². The highest BCUT2D eigenvalue weighted by molar-refractivity contribution is 6.06. The van der Waals surface area contributed by atoms with Crippen LogP contribution in [0.15, 0.2) is 10.6 Å². The molecule has 1 fully saturated rings. The van der Waals surface area contributed by atoms with E-state index in [-0.39, 0.29) is 17.9 Å². The molecule has 0 saturated carbocycles. The summed E-state index contributed by atoms with van der Waals surface area (Å²) in [6, 6.07) is 1.83. The lowest BCUT2D eigenvalue weighted by atomic mass is 10.0. The van der Waals surface area contributed by atoms with Crippen LogP contribution in [-0.2, 0) is 4.74 Å². The van der Waals surface area contributed by atoms with Crippen molar-refractivity contribution >= 4 is 23.1 Å². The summed E-state index contributed by atoms with van der Waals surface area (Å²) in [5.74, 6) is 0.0751. The number of piperazine rings is 1. The molecule has 0 N–H and O–H groups in total. The van der Waals surface area contributed by atoms with Crippen molar-refractivity contribution in [3.8, 4) is 0 Å². The first-order valence-corrected chi connectivity index (χ1v) is 8.90. The van der Waals surface area contributed by atoms with Crippen LogP contribution >= 0.6 is 0 Å². The molecule has 0 spiro atoms. The van der Waals surface area contributed by atoms with Gasteiger partial charge in [0, 0.05) is 31.9 Å². The van der Waals surface area contributed by atoms with E-state index in [4.69, 9.17) is 9.26 Å². The van der Waals surface area contributed by atoms with Crippen LogP contribution in [0.2, 0.25) is 0 Å². The van der Waals surface area contributed by atoms with E-state index in [1.165, 1.54) is 0 Å². The molecule has 2 aromatic rings. The summed E-state index contributed by atoms with van der Waals surface area (Å²) >= 11 is 0. The minimum absolute atomic E-state index is 0.0888. The van der Waals surface area contributed by atoms with Crippen molar-refractivity contribution in [2.24, 2.45) is 0 Å². The normalized spacial score (nSPS) is 15.0. The number of rotatable bonds is 3. The van der Waals surface area contributed by atoms with Crippen LogP contribution in [0.4, 0.5) is 4.79 Å². The Bertz CT molecular complexity index is 822. The number of carbonyl (C=O) groups is 2. The largest absolute Gasteiger partial charge is 0.450 e. The minimum atomic E-state index is -0.331. The second-order valence-electron chi connectivity index (χ2n) is 6.68. The minimum Gasteiger partial charge on any atom is -0.450 e. The van der Waals surface area contributed by atoms with Gasteiger partial charge in [-0.2, -0.15) is 0 Å². The molecule has 0 unspecified atom stereocenters. The quantitative estimate of drug-likeness (QED) is 0.836. The Morgan fingerprint density at radius 1 is 1.23 bits per heavy atom. The molecule has 8 nitrogen and oxygen atoms in total. The fraction of sp³-hybridized carbons (Fsp3) is 0.556. The summed E-state index contributed by atoms with van der Waals surface area (Å²) in [6.07, 6.45) is -0.331. The van der Waals surface area contributed by atoms with Gasteiger partial charge in [-0.1, -0.05) is 19.0 Å². The van der Waals surface area contributed by atoms with Gasteiger partial charge in [0.2, 0.25) is 0 Å². The van der Waals surface area contributed by atoms with Crippen molar-refractivity contribution in [2.45, 2.75) is 33.6 Å². The SMILES string of the molecule is CCOC(=O)N1CCN(C(=O)c2cc(C(C)C)nc3onc(C)c23)CC1. The number of pyridine rings is 1. The van der Waals surface area contributed by atoms with Gasteiger partial charge in [0.1, 0.15) is 0 Å². The molecule has 26 heavy (non-hydrogen) atoms. The summed E-state index contributed by atoms with van der Waals surface area (Å²) in [5.41, 5.74) is 2.39. The Labute approximate surface area is 152 Å². The van der Waals surface area contributed by atoms with E-state index in [0.717, 1.165) is 5.69 Å². The molecule has 1 aliphatic heterocycles. The number of aromatic nitrogens is 2. The predicted octanol–water partition coefficient (Wildman–Crippen LogP) is 2.57. The van der Waals surface area contributed by atoms with Crippen molar-refractivity contribution in [1.29, 1.82) is 0 Å². The first kappa shape index (κ1) is 18.2. The Hall–Kier alpha value is -2.64. The van der Waals surface area contributed by atoms with Crippen molar-refractivity contribution in [1.82, 2.24) is 19.9 Å². The molecule has 140 valence electrons. The predicted molar refractivity (Wildman–Crippen MR) is 95.1 cm³/mol. The number of nitrogens with zero attached hydrogens (tertiary/aromatic N) is 4. The number of aryl methyl sites for hydroxylation is 1. The van der Waals surface area contributed by atoms with Crippen LogP contribution in [-0.4, -0.2) is 64.7 Å². The smallest absolute Gasteiger partial charge is 0.409 e. The van der Waals surface area contributed by atoms with Crippen molar-refractivity contribution < 1.29 is 18.8 Å². The van der Waals surface area contributed by atoms with Crippen LogP contribution in [0, 0.1) is 6.92 Å². The number of ether oxygens (including phenoxy) is 1. The monoisotopic (exact) mass is 360 g/mol. The highest BCUT2D eigenvalue weighted by Crippen LogP contribution is 2.26.